The van der Waals surface area contributed by atoms with Crippen LogP contribution in [0.2, 0.25) is 0 Å². The number of aromatic nitrogens is 2. The highest BCUT2D eigenvalue weighted by atomic mass is 31.2. The molecule has 22 heavy (non-hydrogen) atoms. The number of imidazole rings is 1. The highest BCUT2D eigenvalue weighted by Gasteiger charge is 2.45. The number of anilines is 1. The number of hydrogen-bond donors (Lipinski definition) is 7. The van der Waals surface area contributed by atoms with Gasteiger partial charge in [-0.2, -0.15) is 0 Å². The van der Waals surface area contributed by atoms with Crippen LogP contribution in [0.25, 0.3) is 0 Å². The van der Waals surface area contributed by atoms with Gasteiger partial charge in [-0.25, -0.2) is 14.3 Å². The second-order valence-electron chi connectivity index (χ2n) is 4.51. The van der Waals surface area contributed by atoms with Crippen molar-refractivity contribution < 1.29 is 43.7 Å². The van der Waals surface area contributed by atoms with Crippen molar-refractivity contribution in [1.29, 1.82) is 0 Å². The zero-order chi connectivity index (χ0) is 16.7. The van der Waals surface area contributed by atoms with E-state index in [4.69, 9.17) is 25.4 Å². The molecule has 12 nitrogen and oxygen atoms in total. The summed E-state index contributed by atoms with van der Waals surface area (Å²) in [6, 6.07) is 0. The fourth-order valence-corrected chi connectivity index (χ4v) is 2.28. The summed E-state index contributed by atoms with van der Waals surface area (Å²) in [5, 5.41) is 28.4. The first kappa shape index (κ1) is 16.8. The molecule has 1 aromatic heterocycles. The number of phosphoric acid groups is 1. The molecule has 1 saturated heterocycles. The van der Waals surface area contributed by atoms with E-state index < -0.39 is 56.3 Å². The van der Waals surface area contributed by atoms with Crippen molar-refractivity contribution in [2.75, 3.05) is 12.3 Å². The molecule has 13 heteroatoms. The number of nitrogens with zero attached hydrogens (tertiary/aromatic N) is 1. The Morgan fingerprint density at radius 1 is 1.41 bits per heavy atom. The van der Waals surface area contributed by atoms with E-state index in [1.165, 1.54) is 0 Å². The van der Waals surface area contributed by atoms with Gasteiger partial charge < -0.3 is 35.3 Å². The lowest BCUT2D eigenvalue weighted by molar-refractivity contribution is -0.0250. The van der Waals surface area contributed by atoms with E-state index >= 15 is 0 Å². The fraction of sp³-hybridized carbons (Fsp3) is 0.556. The lowest BCUT2D eigenvalue weighted by Gasteiger charge is -2.11. The molecule has 0 aromatic carbocycles. The van der Waals surface area contributed by atoms with Crippen LogP contribution in [0.5, 0.6) is 0 Å². The third kappa shape index (κ3) is 3.28. The van der Waals surface area contributed by atoms with Gasteiger partial charge in [-0.05, 0) is 0 Å². The normalized spacial score (nSPS) is 28.8. The predicted molar refractivity (Wildman–Crippen MR) is 67.2 cm³/mol. The molecule has 2 rings (SSSR count). The summed E-state index contributed by atoms with van der Waals surface area (Å²) in [6.45, 7) is -0.558. The number of carbonyl (C=O) groups is 1. The lowest BCUT2D eigenvalue weighted by atomic mass is 10.1. The zero-order valence-electron chi connectivity index (χ0n) is 10.9. The highest BCUT2D eigenvalue weighted by molar-refractivity contribution is 7.46. The molecule has 1 aliphatic heterocycles. The van der Waals surface area contributed by atoms with Crippen molar-refractivity contribution in [1.82, 2.24) is 9.97 Å². The van der Waals surface area contributed by atoms with Crippen LogP contribution in [-0.2, 0) is 13.8 Å². The monoisotopic (exact) mass is 339 g/mol. The first-order valence-electron chi connectivity index (χ1n) is 5.91. The minimum atomic E-state index is -5.07. The summed E-state index contributed by atoms with van der Waals surface area (Å²) in [5.74, 6) is -2.06. The van der Waals surface area contributed by atoms with Crippen molar-refractivity contribution in [3.05, 3.63) is 11.5 Å². The first-order valence-corrected chi connectivity index (χ1v) is 7.44. The number of aliphatic hydroxyl groups excluding tert-OH is 3. The Kier molecular flexibility index (Phi) is 4.54. The molecule has 124 valence electrons. The summed E-state index contributed by atoms with van der Waals surface area (Å²) in [5.41, 5.74) is 4.89. The minimum absolute atomic E-state index is 0.169. The van der Waals surface area contributed by atoms with Crippen LogP contribution >= 0.6 is 7.82 Å². The second-order valence-corrected chi connectivity index (χ2v) is 5.67. The molecule has 1 fully saturated rings. The molecule has 0 amide bonds. The van der Waals surface area contributed by atoms with Crippen molar-refractivity contribution in [3.8, 4) is 0 Å². The molecule has 1 aromatic rings. The quantitative estimate of drug-likeness (QED) is 0.283. The van der Waals surface area contributed by atoms with Gasteiger partial charge in [-0.1, -0.05) is 0 Å². The van der Waals surface area contributed by atoms with Gasteiger partial charge in [0.2, 0.25) is 0 Å². The number of H-pyrrole nitrogens is 1. The van der Waals surface area contributed by atoms with Gasteiger partial charge in [0.15, 0.2) is 11.5 Å². The van der Waals surface area contributed by atoms with Crippen LogP contribution in [0.4, 0.5) is 5.82 Å². The maximum atomic E-state index is 11.5. The molecule has 0 aliphatic carbocycles. The van der Waals surface area contributed by atoms with Gasteiger partial charge in [0.25, 0.3) is 0 Å². The summed E-state index contributed by atoms with van der Waals surface area (Å²) in [4.78, 5) is 34.7. The molecule has 8 N–H and O–H groups in total. The lowest BCUT2D eigenvalue weighted by Crippen LogP contribution is -2.32. The van der Waals surface area contributed by atoms with E-state index in [0.717, 1.165) is 0 Å². The standard InChI is InChI=1S/C9H14N3O9P/c10-7-3(9(16)21-22(17,18)19)11-8(12-7)6-5(15)4(14)2(1-13)20-6/h2,4-6,13-15H,1,10H2,(H,11,12)(H2,17,18,19)/t2-,4-,5-,6?/m1/s1. The van der Waals surface area contributed by atoms with Gasteiger partial charge in [-0.15, -0.1) is 0 Å². The number of nitrogen functional groups attached to an aromatic ring is 1. The van der Waals surface area contributed by atoms with Crippen molar-refractivity contribution in [2.24, 2.45) is 0 Å². The summed E-state index contributed by atoms with van der Waals surface area (Å²) >= 11 is 0. The predicted octanol–water partition coefficient (Wildman–Crippen LogP) is -2.60. The van der Waals surface area contributed by atoms with Crippen LogP contribution in [-0.4, -0.2) is 66.0 Å². The summed E-state index contributed by atoms with van der Waals surface area (Å²) < 4.78 is 19.6. The first-order chi connectivity index (χ1) is 10.1. The molecule has 2 heterocycles. The van der Waals surface area contributed by atoms with Crippen LogP contribution in [0.15, 0.2) is 0 Å². The number of hydrogen-bond acceptors (Lipinski definition) is 9. The molecule has 1 aliphatic rings. The van der Waals surface area contributed by atoms with E-state index in [9.17, 15) is 19.6 Å². The minimum Gasteiger partial charge on any atom is -0.394 e. The number of nitrogens with two attached hydrogens (primary N) is 1. The van der Waals surface area contributed by atoms with Gasteiger partial charge in [-0.3, -0.25) is 9.79 Å². The smallest absolute Gasteiger partial charge is 0.394 e. The Morgan fingerprint density at radius 3 is 2.55 bits per heavy atom. The van der Waals surface area contributed by atoms with E-state index in [1.54, 1.807) is 0 Å². The molecule has 1 unspecified atom stereocenters. The number of rotatable bonds is 4. The average molecular weight is 339 g/mol. The summed E-state index contributed by atoms with van der Waals surface area (Å²) in [7, 11) is -5.07. The fourth-order valence-electron chi connectivity index (χ4n) is 1.98. The molecule has 0 bridgehead atoms. The van der Waals surface area contributed by atoms with Gasteiger partial charge in [0.05, 0.1) is 6.61 Å². The molecule has 0 spiro atoms. The average Bonchev–Trinajstić information content (AvgIpc) is 2.90. The SMILES string of the molecule is Nc1nc(C2O[C@H](CO)[C@@H](O)[C@H]2O)[nH]c1C(=O)OP(=O)(O)O. The van der Waals surface area contributed by atoms with Crippen LogP contribution < -0.4 is 5.73 Å². The van der Waals surface area contributed by atoms with Crippen molar-refractivity contribution in [3.63, 3.8) is 0 Å². The van der Waals surface area contributed by atoms with Crippen LogP contribution in [0, 0.1) is 0 Å². The molecule has 0 radical (unpaired) electrons. The Hall–Kier alpha value is -1.53. The number of carbonyl (C=O) groups excluding carboxylic acids is 1. The third-order valence-electron chi connectivity index (χ3n) is 2.97. The third-order valence-corrected chi connectivity index (χ3v) is 3.37. The van der Waals surface area contributed by atoms with E-state index in [2.05, 4.69) is 14.5 Å². The summed E-state index contributed by atoms with van der Waals surface area (Å²) in [6.07, 6.45) is -5.11. The largest absolute Gasteiger partial charge is 0.527 e. The topological polar surface area (TPSA) is 208 Å². The maximum Gasteiger partial charge on any atom is 0.527 e. The van der Waals surface area contributed by atoms with Gasteiger partial charge in [0.1, 0.15) is 30.2 Å². The van der Waals surface area contributed by atoms with Crippen LogP contribution in [0.3, 0.4) is 0 Å². The van der Waals surface area contributed by atoms with E-state index in [1.807, 2.05) is 0 Å². The molecular weight excluding hydrogens is 325 g/mol. The van der Waals surface area contributed by atoms with Gasteiger partial charge in [0, 0.05) is 0 Å². The molecule has 4 atom stereocenters. The van der Waals surface area contributed by atoms with Crippen molar-refractivity contribution >= 4 is 19.6 Å². The van der Waals surface area contributed by atoms with Gasteiger partial charge >= 0.3 is 13.8 Å². The Morgan fingerprint density at radius 2 is 2.05 bits per heavy atom. The zero-order valence-corrected chi connectivity index (χ0v) is 11.8. The Balaban J connectivity index is 2.23. The number of phosphoric ester groups is 1. The van der Waals surface area contributed by atoms with Crippen molar-refractivity contribution in [2.45, 2.75) is 24.4 Å². The number of ether oxygens (including phenoxy) is 1. The highest BCUT2D eigenvalue weighted by Crippen LogP contribution is 2.38. The van der Waals surface area contributed by atoms with E-state index in [0.29, 0.717) is 0 Å². The number of aliphatic hydroxyl groups is 3. The number of aromatic amines is 1. The Bertz CT molecular complexity index is 613. The van der Waals surface area contributed by atoms with Crippen LogP contribution in [0.1, 0.15) is 22.4 Å². The van der Waals surface area contributed by atoms with E-state index in [-0.39, 0.29) is 5.82 Å². The Labute approximate surface area is 122 Å². The number of nitrogens with one attached hydrogen (secondary N) is 1. The molecular formula is C9H14N3O9P. The molecule has 0 saturated carbocycles. The second kappa shape index (κ2) is 5.93. The maximum absolute atomic E-state index is 11.5.